The predicted molar refractivity (Wildman–Crippen MR) is 56.7 cm³/mol. The second kappa shape index (κ2) is 4.65. The third-order valence-corrected chi connectivity index (χ3v) is 2.88. The summed E-state index contributed by atoms with van der Waals surface area (Å²) >= 11 is 5.67. The van der Waals surface area contributed by atoms with Crippen LogP contribution in [0.5, 0.6) is 5.75 Å². The Morgan fingerprint density at radius 1 is 1.36 bits per heavy atom. The molecule has 0 saturated heterocycles. The van der Waals surface area contributed by atoms with Crippen molar-refractivity contribution in [2.75, 3.05) is 6.61 Å². The second-order valence-corrected chi connectivity index (χ2v) is 4.17. The molecule has 1 aromatic rings. The molecule has 1 aliphatic rings. The molecule has 0 N–H and O–H groups in total. The van der Waals surface area contributed by atoms with E-state index in [0.29, 0.717) is 5.15 Å². The molecule has 1 heterocycles. The van der Waals surface area contributed by atoms with E-state index in [2.05, 4.69) is 4.98 Å². The van der Waals surface area contributed by atoms with E-state index in [0.717, 1.165) is 18.3 Å². The molecule has 1 aromatic heterocycles. The highest BCUT2D eigenvalue weighted by Gasteiger charge is 2.15. The van der Waals surface area contributed by atoms with E-state index in [9.17, 15) is 0 Å². The third kappa shape index (κ3) is 2.61. The van der Waals surface area contributed by atoms with E-state index in [4.69, 9.17) is 16.3 Å². The lowest BCUT2D eigenvalue weighted by atomic mass is 10.1. The van der Waals surface area contributed by atoms with E-state index in [1.54, 1.807) is 12.3 Å². The molecule has 2 nitrogen and oxygen atoms in total. The van der Waals surface area contributed by atoms with Crippen molar-refractivity contribution in [3.05, 3.63) is 23.5 Å². The Morgan fingerprint density at radius 2 is 2.14 bits per heavy atom. The first-order chi connectivity index (χ1) is 6.84. The highest BCUT2D eigenvalue weighted by molar-refractivity contribution is 6.29. The number of aromatic nitrogens is 1. The van der Waals surface area contributed by atoms with Crippen LogP contribution in [0.15, 0.2) is 18.3 Å². The molecule has 0 atom stereocenters. The monoisotopic (exact) mass is 211 g/mol. The van der Waals surface area contributed by atoms with Gasteiger partial charge in [-0.25, -0.2) is 4.98 Å². The number of ether oxygens (including phenoxy) is 1. The summed E-state index contributed by atoms with van der Waals surface area (Å²) in [6, 6.07) is 3.62. The SMILES string of the molecule is Clc1ccc(OCC2CCCC2)cn1. The third-order valence-electron chi connectivity index (χ3n) is 2.66. The molecule has 2 rings (SSSR count). The number of halogens is 1. The minimum Gasteiger partial charge on any atom is -0.492 e. The van der Waals surface area contributed by atoms with Gasteiger partial charge >= 0.3 is 0 Å². The maximum absolute atomic E-state index is 5.67. The lowest BCUT2D eigenvalue weighted by molar-refractivity contribution is 0.251. The molecule has 0 bridgehead atoms. The van der Waals surface area contributed by atoms with Crippen molar-refractivity contribution in [3.8, 4) is 5.75 Å². The van der Waals surface area contributed by atoms with Crippen molar-refractivity contribution in [2.24, 2.45) is 5.92 Å². The van der Waals surface area contributed by atoms with Gasteiger partial charge in [0.15, 0.2) is 0 Å². The van der Waals surface area contributed by atoms with Gasteiger partial charge in [0.1, 0.15) is 10.9 Å². The summed E-state index contributed by atoms with van der Waals surface area (Å²) in [5, 5.41) is 0.512. The standard InChI is InChI=1S/C11H14ClNO/c12-11-6-5-10(7-13-11)14-8-9-3-1-2-4-9/h5-7,9H,1-4,8H2. The Hall–Kier alpha value is -0.760. The Bertz CT molecular complexity index is 280. The molecule has 14 heavy (non-hydrogen) atoms. The van der Waals surface area contributed by atoms with Crippen LogP contribution < -0.4 is 4.74 Å². The van der Waals surface area contributed by atoms with Gasteiger partial charge < -0.3 is 4.74 Å². The van der Waals surface area contributed by atoms with Crippen LogP contribution in [-0.2, 0) is 0 Å². The summed E-state index contributed by atoms with van der Waals surface area (Å²) in [5.41, 5.74) is 0. The summed E-state index contributed by atoms with van der Waals surface area (Å²) < 4.78 is 5.62. The average Bonchev–Trinajstić information content (AvgIpc) is 2.70. The first-order valence-electron chi connectivity index (χ1n) is 5.09. The van der Waals surface area contributed by atoms with Crippen molar-refractivity contribution in [1.29, 1.82) is 0 Å². The minimum atomic E-state index is 0.512. The molecule has 0 aromatic carbocycles. The molecular formula is C11H14ClNO. The van der Waals surface area contributed by atoms with Crippen molar-refractivity contribution in [1.82, 2.24) is 4.98 Å². The summed E-state index contributed by atoms with van der Waals surface area (Å²) in [6.07, 6.45) is 7.00. The largest absolute Gasteiger partial charge is 0.492 e. The second-order valence-electron chi connectivity index (χ2n) is 3.78. The van der Waals surface area contributed by atoms with Gasteiger partial charge in [-0.15, -0.1) is 0 Å². The van der Waals surface area contributed by atoms with Crippen LogP contribution in [-0.4, -0.2) is 11.6 Å². The smallest absolute Gasteiger partial charge is 0.137 e. The quantitative estimate of drug-likeness (QED) is 0.716. The Kier molecular flexibility index (Phi) is 3.25. The molecule has 0 aliphatic heterocycles. The molecular weight excluding hydrogens is 198 g/mol. The Labute approximate surface area is 89.3 Å². The van der Waals surface area contributed by atoms with Gasteiger partial charge in [0.25, 0.3) is 0 Å². The molecule has 0 unspecified atom stereocenters. The summed E-state index contributed by atoms with van der Waals surface area (Å²) in [6.45, 7) is 0.823. The van der Waals surface area contributed by atoms with E-state index in [-0.39, 0.29) is 0 Å². The summed E-state index contributed by atoms with van der Waals surface area (Å²) in [4.78, 5) is 3.96. The maximum Gasteiger partial charge on any atom is 0.137 e. The fraction of sp³-hybridized carbons (Fsp3) is 0.545. The van der Waals surface area contributed by atoms with Crippen LogP contribution in [0.4, 0.5) is 0 Å². The average molecular weight is 212 g/mol. The Morgan fingerprint density at radius 3 is 2.79 bits per heavy atom. The molecule has 1 fully saturated rings. The predicted octanol–water partition coefficient (Wildman–Crippen LogP) is 3.30. The lowest BCUT2D eigenvalue weighted by Crippen LogP contribution is -2.07. The number of nitrogens with zero attached hydrogens (tertiary/aromatic N) is 1. The normalized spacial score (nSPS) is 17.2. The van der Waals surface area contributed by atoms with Gasteiger partial charge in [-0.2, -0.15) is 0 Å². The fourth-order valence-electron chi connectivity index (χ4n) is 1.84. The topological polar surface area (TPSA) is 22.1 Å². The van der Waals surface area contributed by atoms with Gasteiger partial charge in [0.2, 0.25) is 0 Å². The zero-order valence-electron chi connectivity index (χ0n) is 8.08. The highest BCUT2D eigenvalue weighted by atomic mass is 35.5. The van der Waals surface area contributed by atoms with E-state index < -0.39 is 0 Å². The van der Waals surface area contributed by atoms with Crippen LogP contribution in [0.1, 0.15) is 25.7 Å². The van der Waals surface area contributed by atoms with Gasteiger partial charge in [-0.05, 0) is 30.9 Å². The van der Waals surface area contributed by atoms with Crippen LogP contribution in [0.2, 0.25) is 5.15 Å². The Balaban J connectivity index is 1.82. The number of hydrogen-bond donors (Lipinski definition) is 0. The molecule has 1 saturated carbocycles. The number of rotatable bonds is 3. The maximum atomic E-state index is 5.67. The van der Waals surface area contributed by atoms with Crippen LogP contribution in [0, 0.1) is 5.92 Å². The summed E-state index contributed by atoms with van der Waals surface area (Å²) in [5.74, 6) is 1.56. The van der Waals surface area contributed by atoms with E-state index in [1.807, 2.05) is 6.07 Å². The highest BCUT2D eigenvalue weighted by Crippen LogP contribution is 2.25. The van der Waals surface area contributed by atoms with Crippen LogP contribution >= 0.6 is 11.6 Å². The number of pyridine rings is 1. The molecule has 0 amide bonds. The molecule has 3 heteroatoms. The van der Waals surface area contributed by atoms with Gasteiger partial charge in [-0.1, -0.05) is 24.4 Å². The molecule has 1 aliphatic carbocycles. The zero-order valence-corrected chi connectivity index (χ0v) is 8.83. The molecule has 0 spiro atoms. The van der Waals surface area contributed by atoms with E-state index in [1.165, 1.54) is 25.7 Å². The molecule has 76 valence electrons. The molecule has 0 radical (unpaired) electrons. The van der Waals surface area contributed by atoms with Crippen molar-refractivity contribution in [3.63, 3.8) is 0 Å². The van der Waals surface area contributed by atoms with Crippen molar-refractivity contribution < 1.29 is 4.74 Å². The van der Waals surface area contributed by atoms with Crippen molar-refractivity contribution >= 4 is 11.6 Å². The fourth-order valence-corrected chi connectivity index (χ4v) is 1.95. The van der Waals surface area contributed by atoms with Gasteiger partial charge in [-0.3, -0.25) is 0 Å². The van der Waals surface area contributed by atoms with Gasteiger partial charge in [0, 0.05) is 0 Å². The van der Waals surface area contributed by atoms with Crippen LogP contribution in [0.3, 0.4) is 0 Å². The van der Waals surface area contributed by atoms with Gasteiger partial charge in [0.05, 0.1) is 12.8 Å². The van der Waals surface area contributed by atoms with Crippen molar-refractivity contribution in [2.45, 2.75) is 25.7 Å². The number of hydrogen-bond acceptors (Lipinski definition) is 2. The van der Waals surface area contributed by atoms with E-state index >= 15 is 0 Å². The summed E-state index contributed by atoms with van der Waals surface area (Å²) in [7, 11) is 0. The first-order valence-corrected chi connectivity index (χ1v) is 5.47. The minimum absolute atomic E-state index is 0.512. The van der Waals surface area contributed by atoms with Crippen LogP contribution in [0.25, 0.3) is 0 Å². The lowest BCUT2D eigenvalue weighted by Gasteiger charge is -2.10. The zero-order chi connectivity index (χ0) is 9.80. The first kappa shape index (κ1) is 9.78.